The van der Waals surface area contributed by atoms with Crippen LogP contribution < -0.4 is 5.32 Å². The number of rotatable bonds is 5. The van der Waals surface area contributed by atoms with E-state index in [9.17, 15) is 0 Å². The van der Waals surface area contributed by atoms with Gasteiger partial charge >= 0.3 is 0 Å². The van der Waals surface area contributed by atoms with E-state index < -0.39 is 0 Å². The van der Waals surface area contributed by atoms with E-state index >= 15 is 0 Å². The summed E-state index contributed by atoms with van der Waals surface area (Å²) in [5.41, 5.74) is 0. The van der Waals surface area contributed by atoms with Crippen molar-refractivity contribution in [2.45, 2.75) is 13.3 Å². The molecule has 18 heavy (non-hydrogen) atoms. The summed E-state index contributed by atoms with van der Waals surface area (Å²) < 4.78 is 1.08. The van der Waals surface area contributed by atoms with Crippen molar-refractivity contribution in [2.75, 3.05) is 18.5 Å². The van der Waals surface area contributed by atoms with Gasteiger partial charge in [0.05, 0.1) is 0 Å². The van der Waals surface area contributed by atoms with Crippen molar-refractivity contribution in [3.05, 3.63) is 34.9 Å². The molecule has 1 aromatic carbocycles. The second kappa shape index (κ2) is 6.16. The Labute approximate surface area is 115 Å². The predicted octanol–water partition coefficient (Wildman–Crippen LogP) is 3.43. The number of benzene rings is 1. The Morgan fingerprint density at radius 1 is 1.33 bits per heavy atom. The number of aliphatic hydroxyl groups excluding tert-OH is 1. The fourth-order valence-corrected chi connectivity index (χ4v) is 2.40. The zero-order valence-electron chi connectivity index (χ0n) is 10.4. The van der Waals surface area contributed by atoms with Gasteiger partial charge < -0.3 is 10.4 Å². The van der Waals surface area contributed by atoms with E-state index in [4.69, 9.17) is 5.11 Å². The molecule has 1 heterocycles. The third-order valence-electron chi connectivity index (χ3n) is 2.99. The van der Waals surface area contributed by atoms with Crippen molar-refractivity contribution in [3.8, 4) is 0 Å². The van der Waals surface area contributed by atoms with Gasteiger partial charge in [-0.25, -0.2) is 4.98 Å². The molecule has 4 heteroatoms. The summed E-state index contributed by atoms with van der Waals surface area (Å²) in [6, 6.07) is 8.10. The fraction of sp³-hybridized carbons (Fsp3) is 0.357. The van der Waals surface area contributed by atoms with Crippen molar-refractivity contribution in [1.82, 2.24) is 4.98 Å². The lowest BCUT2D eigenvalue weighted by molar-refractivity contribution is 0.266. The molecule has 1 unspecified atom stereocenters. The van der Waals surface area contributed by atoms with E-state index in [1.165, 1.54) is 0 Å². The first-order valence-corrected chi connectivity index (χ1v) is 6.89. The lowest BCUT2D eigenvalue weighted by atomic mass is 10.1. The molecule has 3 nitrogen and oxygen atoms in total. The molecule has 0 aliphatic carbocycles. The zero-order valence-corrected chi connectivity index (χ0v) is 11.9. The third kappa shape index (κ3) is 3.00. The second-order valence-corrected chi connectivity index (χ2v) is 5.35. The first kappa shape index (κ1) is 13.3. The highest BCUT2D eigenvalue weighted by Crippen LogP contribution is 2.27. The lowest BCUT2D eigenvalue weighted by Gasteiger charge is -2.13. The summed E-state index contributed by atoms with van der Waals surface area (Å²) in [6.45, 7) is 3.17. The minimum absolute atomic E-state index is 0.233. The average molecular weight is 309 g/mol. The Morgan fingerprint density at radius 3 is 2.94 bits per heavy atom. The number of pyridine rings is 1. The number of halogens is 1. The standard InChI is InChI=1S/C14H17BrN2O/c1-10(6-8-18)9-17-14-12-3-2-4-13(15)11(12)5-7-16-14/h2-5,7,10,18H,6,8-9H2,1H3,(H,16,17). The van der Waals surface area contributed by atoms with E-state index in [-0.39, 0.29) is 6.61 Å². The number of nitrogens with one attached hydrogen (secondary N) is 1. The van der Waals surface area contributed by atoms with Crippen LogP contribution in [0.4, 0.5) is 5.82 Å². The van der Waals surface area contributed by atoms with Crippen molar-refractivity contribution in [1.29, 1.82) is 0 Å². The summed E-state index contributed by atoms with van der Waals surface area (Å²) in [7, 11) is 0. The molecule has 0 aliphatic heterocycles. The monoisotopic (exact) mass is 308 g/mol. The molecule has 96 valence electrons. The quantitative estimate of drug-likeness (QED) is 0.889. The number of aliphatic hydroxyl groups is 1. The number of nitrogens with zero attached hydrogens (tertiary/aromatic N) is 1. The first-order valence-electron chi connectivity index (χ1n) is 6.10. The maximum absolute atomic E-state index is 8.89. The number of anilines is 1. The molecule has 1 atom stereocenters. The number of aromatic nitrogens is 1. The zero-order chi connectivity index (χ0) is 13.0. The summed E-state index contributed by atoms with van der Waals surface area (Å²) in [6.07, 6.45) is 2.62. The van der Waals surface area contributed by atoms with E-state index in [1.807, 2.05) is 24.4 Å². The van der Waals surface area contributed by atoms with Gasteiger partial charge in [-0.3, -0.25) is 0 Å². The van der Waals surface area contributed by atoms with Crippen LogP contribution in [0.2, 0.25) is 0 Å². The molecule has 0 fully saturated rings. The molecule has 0 saturated carbocycles. The van der Waals surface area contributed by atoms with E-state index in [0.717, 1.165) is 34.0 Å². The Kier molecular flexibility index (Phi) is 4.55. The van der Waals surface area contributed by atoms with Crippen molar-refractivity contribution >= 4 is 32.5 Å². The highest BCUT2D eigenvalue weighted by molar-refractivity contribution is 9.10. The molecule has 0 amide bonds. The first-order chi connectivity index (χ1) is 8.72. The minimum atomic E-state index is 0.233. The van der Waals surface area contributed by atoms with Gasteiger partial charge in [-0.1, -0.05) is 35.0 Å². The van der Waals surface area contributed by atoms with Crippen LogP contribution in [0.25, 0.3) is 10.8 Å². The SMILES string of the molecule is CC(CCO)CNc1nccc2c(Br)cccc12. The smallest absolute Gasteiger partial charge is 0.133 e. The Hall–Kier alpha value is -1.13. The molecule has 0 aliphatic rings. The van der Waals surface area contributed by atoms with Crippen LogP contribution in [0.3, 0.4) is 0 Å². The normalized spacial score (nSPS) is 12.6. The third-order valence-corrected chi connectivity index (χ3v) is 3.68. The Balaban J connectivity index is 2.21. The molecule has 0 spiro atoms. The molecule has 1 aromatic heterocycles. The summed E-state index contributed by atoms with van der Waals surface area (Å²) >= 11 is 3.55. The largest absolute Gasteiger partial charge is 0.396 e. The maximum Gasteiger partial charge on any atom is 0.133 e. The van der Waals surface area contributed by atoms with Crippen molar-refractivity contribution < 1.29 is 5.11 Å². The average Bonchev–Trinajstić information content (AvgIpc) is 2.37. The molecule has 0 saturated heterocycles. The molecule has 2 rings (SSSR count). The van der Waals surface area contributed by atoms with Gasteiger partial charge in [-0.05, 0) is 24.5 Å². The molecular formula is C14H17BrN2O. The fourth-order valence-electron chi connectivity index (χ4n) is 1.90. The van der Waals surface area contributed by atoms with Gasteiger partial charge in [0.15, 0.2) is 0 Å². The molecular weight excluding hydrogens is 292 g/mol. The predicted molar refractivity (Wildman–Crippen MR) is 78.8 cm³/mol. The van der Waals surface area contributed by atoms with Gasteiger partial charge in [-0.2, -0.15) is 0 Å². The van der Waals surface area contributed by atoms with Gasteiger partial charge in [0.25, 0.3) is 0 Å². The lowest BCUT2D eigenvalue weighted by Crippen LogP contribution is -2.13. The highest BCUT2D eigenvalue weighted by atomic mass is 79.9. The van der Waals surface area contributed by atoms with Gasteiger partial charge in [0.1, 0.15) is 5.82 Å². The van der Waals surface area contributed by atoms with E-state index in [0.29, 0.717) is 5.92 Å². The number of fused-ring (bicyclic) bond motifs is 1. The van der Waals surface area contributed by atoms with Crippen LogP contribution in [0.15, 0.2) is 34.9 Å². The number of hydrogen-bond acceptors (Lipinski definition) is 3. The van der Waals surface area contributed by atoms with E-state index in [1.54, 1.807) is 0 Å². The summed E-state index contributed by atoms with van der Waals surface area (Å²) in [5, 5.41) is 14.5. The second-order valence-electron chi connectivity index (χ2n) is 4.49. The molecule has 2 N–H and O–H groups in total. The molecule has 0 bridgehead atoms. The van der Waals surface area contributed by atoms with Crippen molar-refractivity contribution in [3.63, 3.8) is 0 Å². The Bertz CT molecular complexity index is 530. The van der Waals surface area contributed by atoms with Crippen LogP contribution in [0, 0.1) is 5.92 Å². The Morgan fingerprint density at radius 2 is 2.17 bits per heavy atom. The maximum atomic E-state index is 8.89. The number of hydrogen-bond donors (Lipinski definition) is 2. The van der Waals surface area contributed by atoms with E-state index in [2.05, 4.69) is 39.2 Å². The van der Waals surface area contributed by atoms with Crippen LogP contribution in [-0.4, -0.2) is 23.2 Å². The summed E-state index contributed by atoms with van der Waals surface area (Å²) in [5.74, 6) is 1.33. The molecule has 0 radical (unpaired) electrons. The van der Waals surface area contributed by atoms with Crippen LogP contribution in [0.5, 0.6) is 0 Å². The van der Waals surface area contributed by atoms with Crippen LogP contribution >= 0.6 is 15.9 Å². The van der Waals surface area contributed by atoms with Crippen LogP contribution in [0.1, 0.15) is 13.3 Å². The molecule has 2 aromatic rings. The van der Waals surface area contributed by atoms with Gasteiger partial charge in [-0.15, -0.1) is 0 Å². The van der Waals surface area contributed by atoms with Crippen molar-refractivity contribution in [2.24, 2.45) is 5.92 Å². The topological polar surface area (TPSA) is 45.1 Å². The summed E-state index contributed by atoms with van der Waals surface area (Å²) in [4.78, 5) is 4.39. The highest BCUT2D eigenvalue weighted by Gasteiger charge is 2.06. The van der Waals surface area contributed by atoms with Crippen LogP contribution in [-0.2, 0) is 0 Å². The van der Waals surface area contributed by atoms with Gasteiger partial charge in [0, 0.05) is 34.6 Å². The minimum Gasteiger partial charge on any atom is -0.396 e. The van der Waals surface area contributed by atoms with Gasteiger partial charge in [0.2, 0.25) is 0 Å².